The van der Waals surface area contributed by atoms with Gasteiger partial charge in [0, 0.05) is 41.4 Å². The second kappa shape index (κ2) is 5.64. The second-order valence-electron chi connectivity index (χ2n) is 7.22. The van der Waals surface area contributed by atoms with E-state index in [4.69, 9.17) is 0 Å². The van der Waals surface area contributed by atoms with Crippen molar-refractivity contribution in [2.24, 2.45) is 5.92 Å². The fourth-order valence-corrected chi connectivity index (χ4v) is 3.67. The second-order valence-corrected chi connectivity index (χ2v) is 8.14. The monoisotopic (exact) mass is 351 g/mol. The van der Waals surface area contributed by atoms with Crippen molar-refractivity contribution in [3.63, 3.8) is 0 Å². The van der Waals surface area contributed by atoms with Gasteiger partial charge in [-0.25, -0.2) is 0 Å². The molecule has 1 N–H and O–H groups in total. The maximum atomic E-state index is 4.57. The summed E-state index contributed by atoms with van der Waals surface area (Å²) in [5.41, 5.74) is 1.67. The Morgan fingerprint density at radius 2 is 2.14 bits per heavy atom. The number of pyridine rings is 1. The highest BCUT2D eigenvalue weighted by atomic mass is 79.9. The van der Waals surface area contributed by atoms with E-state index in [0.717, 1.165) is 42.1 Å². The lowest BCUT2D eigenvalue weighted by atomic mass is 9.84. The predicted molar refractivity (Wildman–Crippen MR) is 90.2 cm³/mol. The van der Waals surface area contributed by atoms with Gasteiger partial charge >= 0.3 is 0 Å². The Balaban J connectivity index is 1.78. The van der Waals surface area contributed by atoms with Crippen molar-refractivity contribution in [1.82, 2.24) is 15.2 Å². The maximum Gasteiger partial charge on any atom is 0.0545 e. The van der Waals surface area contributed by atoms with Crippen molar-refractivity contribution in [1.29, 1.82) is 0 Å². The van der Waals surface area contributed by atoms with Crippen LogP contribution >= 0.6 is 15.9 Å². The molecule has 1 saturated carbocycles. The largest absolute Gasteiger partial charge is 0.308 e. The summed E-state index contributed by atoms with van der Waals surface area (Å²) in [5, 5.41) is 3.85. The zero-order valence-corrected chi connectivity index (χ0v) is 14.9. The predicted octanol–water partition coefficient (Wildman–Crippen LogP) is 3.59. The van der Waals surface area contributed by atoms with Crippen LogP contribution in [-0.4, -0.2) is 34.1 Å². The molecule has 1 aliphatic carbocycles. The molecule has 0 spiro atoms. The van der Waals surface area contributed by atoms with Gasteiger partial charge in [0.15, 0.2) is 0 Å². The third-order valence-electron chi connectivity index (χ3n) is 5.54. The molecule has 0 radical (unpaired) electrons. The van der Waals surface area contributed by atoms with E-state index in [2.05, 4.69) is 64.0 Å². The molecule has 2 fully saturated rings. The summed E-state index contributed by atoms with van der Waals surface area (Å²) in [7, 11) is 0. The van der Waals surface area contributed by atoms with Gasteiger partial charge in [-0.15, -0.1) is 0 Å². The number of halogens is 1. The average Bonchev–Trinajstić information content (AvgIpc) is 3.31. The molecule has 2 aliphatic rings. The normalized spacial score (nSPS) is 34.1. The molecule has 3 rings (SSSR count). The van der Waals surface area contributed by atoms with E-state index < -0.39 is 0 Å². The number of hydrogen-bond acceptors (Lipinski definition) is 3. The third kappa shape index (κ3) is 3.17. The van der Waals surface area contributed by atoms with Crippen molar-refractivity contribution in [2.75, 3.05) is 13.1 Å². The van der Waals surface area contributed by atoms with Gasteiger partial charge in [0.05, 0.1) is 5.69 Å². The Kier molecular flexibility index (Phi) is 4.15. The van der Waals surface area contributed by atoms with Gasteiger partial charge in [-0.3, -0.25) is 9.88 Å². The molecule has 1 aliphatic heterocycles. The quantitative estimate of drug-likeness (QED) is 0.898. The molecule has 3 nitrogen and oxygen atoms in total. The Morgan fingerprint density at radius 3 is 2.71 bits per heavy atom. The standard InChI is InChI=1S/C17H26BrN3/c1-4-16(2)11-20-17(3,13-5-6-13)12-21(16)10-15-8-7-14(18)9-19-15/h7-9,13,20H,4-6,10-12H2,1-3H3. The minimum atomic E-state index is 0.225. The number of rotatable bonds is 4. The van der Waals surface area contributed by atoms with Gasteiger partial charge in [-0.1, -0.05) is 6.92 Å². The zero-order chi connectivity index (χ0) is 15.1. The topological polar surface area (TPSA) is 28.2 Å². The van der Waals surface area contributed by atoms with E-state index >= 15 is 0 Å². The Morgan fingerprint density at radius 1 is 1.38 bits per heavy atom. The van der Waals surface area contributed by atoms with Crippen LogP contribution < -0.4 is 5.32 Å². The van der Waals surface area contributed by atoms with Crippen LogP contribution in [0.5, 0.6) is 0 Å². The molecule has 1 aromatic heterocycles. The first-order chi connectivity index (χ1) is 9.95. The van der Waals surface area contributed by atoms with E-state index in [-0.39, 0.29) is 11.1 Å². The molecule has 116 valence electrons. The summed E-state index contributed by atoms with van der Waals surface area (Å²) in [6, 6.07) is 4.23. The third-order valence-corrected chi connectivity index (χ3v) is 6.01. The van der Waals surface area contributed by atoms with Crippen LogP contribution in [0.15, 0.2) is 22.8 Å². The van der Waals surface area contributed by atoms with E-state index in [1.54, 1.807) is 0 Å². The SMILES string of the molecule is CCC1(C)CNC(C)(C2CC2)CN1Cc1ccc(Br)cn1. The van der Waals surface area contributed by atoms with E-state index in [9.17, 15) is 0 Å². The maximum absolute atomic E-state index is 4.57. The van der Waals surface area contributed by atoms with Crippen LogP contribution in [0.3, 0.4) is 0 Å². The lowest BCUT2D eigenvalue weighted by Gasteiger charge is -2.52. The first kappa shape index (κ1) is 15.4. The van der Waals surface area contributed by atoms with Crippen molar-refractivity contribution in [3.8, 4) is 0 Å². The van der Waals surface area contributed by atoms with Crippen molar-refractivity contribution < 1.29 is 0 Å². The van der Waals surface area contributed by atoms with Crippen LogP contribution in [0.1, 0.15) is 45.7 Å². The smallest absolute Gasteiger partial charge is 0.0545 e. The molecule has 1 saturated heterocycles. The van der Waals surface area contributed by atoms with Gasteiger partial charge in [-0.05, 0) is 67.1 Å². The Labute approximate surface area is 136 Å². The molecule has 2 atom stereocenters. The fourth-order valence-electron chi connectivity index (χ4n) is 3.43. The Bertz CT molecular complexity index is 499. The Hall–Kier alpha value is -0.450. The molecular weight excluding hydrogens is 326 g/mol. The number of nitrogens with zero attached hydrogens (tertiary/aromatic N) is 2. The van der Waals surface area contributed by atoms with Gasteiger partial charge in [0.25, 0.3) is 0 Å². The fraction of sp³-hybridized carbons (Fsp3) is 0.706. The minimum Gasteiger partial charge on any atom is -0.308 e. The van der Waals surface area contributed by atoms with E-state index in [0.29, 0.717) is 0 Å². The summed E-state index contributed by atoms with van der Waals surface area (Å²) in [4.78, 5) is 7.22. The van der Waals surface area contributed by atoms with E-state index in [1.165, 1.54) is 12.8 Å². The lowest BCUT2D eigenvalue weighted by molar-refractivity contribution is 0.00340. The lowest BCUT2D eigenvalue weighted by Crippen LogP contribution is -2.68. The number of nitrogens with one attached hydrogen (secondary N) is 1. The van der Waals surface area contributed by atoms with Crippen molar-refractivity contribution in [2.45, 2.75) is 57.7 Å². The van der Waals surface area contributed by atoms with Gasteiger partial charge in [-0.2, -0.15) is 0 Å². The van der Waals surface area contributed by atoms with Gasteiger partial charge < -0.3 is 5.32 Å². The number of aromatic nitrogens is 1. The summed E-state index contributed by atoms with van der Waals surface area (Å²) in [6.45, 7) is 10.2. The van der Waals surface area contributed by atoms with Gasteiger partial charge in [0.1, 0.15) is 0 Å². The van der Waals surface area contributed by atoms with E-state index in [1.807, 2.05) is 6.20 Å². The van der Waals surface area contributed by atoms with Crippen molar-refractivity contribution in [3.05, 3.63) is 28.5 Å². The van der Waals surface area contributed by atoms with Gasteiger partial charge in [0.2, 0.25) is 0 Å². The molecule has 4 heteroatoms. The minimum absolute atomic E-state index is 0.225. The molecule has 0 amide bonds. The highest BCUT2D eigenvalue weighted by Crippen LogP contribution is 2.43. The van der Waals surface area contributed by atoms with Crippen LogP contribution in [0.25, 0.3) is 0 Å². The van der Waals surface area contributed by atoms with Crippen molar-refractivity contribution >= 4 is 15.9 Å². The number of hydrogen-bond donors (Lipinski definition) is 1. The highest BCUT2D eigenvalue weighted by molar-refractivity contribution is 9.10. The summed E-state index contributed by atoms with van der Waals surface area (Å²) < 4.78 is 1.05. The molecule has 1 aromatic rings. The first-order valence-electron chi connectivity index (χ1n) is 8.06. The van der Waals surface area contributed by atoms with Crippen LogP contribution in [-0.2, 0) is 6.54 Å². The zero-order valence-electron chi connectivity index (χ0n) is 13.3. The molecule has 2 unspecified atom stereocenters. The molecule has 0 bridgehead atoms. The number of piperazine rings is 1. The summed E-state index contributed by atoms with van der Waals surface area (Å²) in [5.74, 6) is 0.860. The highest BCUT2D eigenvalue weighted by Gasteiger charge is 2.48. The average molecular weight is 352 g/mol. The molecular formula is C17H26BrN3. The first-order valence-corrected chi connectivity index (χ1v) is 8.85. The summed E-state index contributed by atoms with van der Waals surface area (Å²) >= 11 is 3.47. The van der Waals surface area contributed by atoms with Crippen LogP contribution in [0, 0.1) is 5.92 Å². The van der Waals surface area contributed by atoms with Crippen LogP contribution in [0.2, 0.25) is 0 Å². The molecule has 0 aromatic carbocycles. The molecule has 2 heterocycles. The molecule has 21 heavy (non-hydrogen) atoms. The summed E-state index contributed by atoms with van der Waals surface area (Å²) in [6.07, 6.45) is 5.84. The van der Waals surface area contributed by atoms with Crippen LogP contribution in [0.4, 0.5) is 0 Å².